The zero-order valence-electron chi connectivity index (χ0n) is 12.6. The molecule has 0 radical (unpaired) electrons. The van der Waals surface area contributed by atoms with Crippen molar-refractivity contribution in [1.82, 2.24) is 19.8 Å². The number of aromatic nitrogens is 2. The van der Waals surface area contributed by atoms with Crippen molar-refractivity contribution in [2.45, 2.75) is 50.6 Å². The van der Waals surface area contributed by atoms with E-state index in [2.05, 4.69) is 10.3 Å². The van der Waals surface area contributed by atoms with E-state index in [0.29, 0.717) is 13.0 Å². The highest BCUT2D eigenvalue weighted by Crippen LogP contribution is 2.38. The molecule has 1 aromatic rings. The number of hydrogen-bond donors (Lipinski definition) is 1. The van der Waals surface area contributed by atoms with E-state index in [-0.39, 0.29) is 11.8 Å². The average molecular weight is 290 g/mol. The number of piperazine rings is 1. The van der Waals surface area contributed by atoms with Crippen LogP contribution in [0.15, 0.2) is 12.4 Å². The van der Waals surface area contributed by atoms with E-state index >= 15 is 0 Å². The van der Waals surface area contributed by atoms with E-state index < -0.39 is 11.6 Å². The van der Waals surface area contributed by atoms with Gasteiger partial charge in [0.25, 0.3) is 0 Å². The van der Waals surface area contributed by atoms with Crippen molar-refractivity contribution in [3.8, 4) is 0 Å². The quantitative estimate of drug-likeness (QED) is 0.887. The Morgan fingerprint density at radius 2 is 2.10 bits per heavy atom. The van der Waals surface area contributed by atoms with Crippen molar-refractivity contribution in [3.05, 3.63) is 18.2 Å². The zero-order valence-corrected chi connectivity index (χ0v) is 12.6. The largest absolute Gasteiger partial charge is 0.343 e. The van der Waals surface area contributed by atoms with Gasteiger partial charge in [-0.25, -0.2) is 4.98 Å². The van der Waals surface area contributed by atoms with Crippen LogP contribution >= 0.6 is 0 Å². The molecule has 1 spiro atoms. The number of carbonyl (C=O) groups is 2. The third kappa shape index (κ3) is 2.22. The van der Waals surface area contributed by atoms with Crippen molar-refractivity contribution in [1.29, 1.82) is 0 Å². The molecule has 1 saturated heterocycles. The summed E-state index contributed by atoms with van der Waals surface area (Å²) in [5.74, 6) is 0.993. The first-order chi connectivity index (χ1) is 10.0. The van der Waals surface area contributed by atoms with Crippen LogP contribution in [0.25, 0.3) is 0 Å². The maximum atomic E-state index is 12.6. The Morgan fingerprint density at radius 3 is 2.71 bits per heavy atom. The van der Waals surface area contributed by atoms with Crippen LogP contribution in [0.1, 0.15) is 38.4 Å². The monoisotopic (exact) mass is 290 g/mol. The van der Waals surface area contributed by atoms with Gasteiger partial charge in [-0.2, -0.15) is 0 Å². The Hall–Kier alpha value is -1.85. The van der Waals surface area contributed by atoms with Gasteiger partial charge in [0.05, 0.1) is 0 Å². The topological polar surface area (TPSA) is 67.2 Å². The molecular formula is C15H22N4O2. The lowest BCUT2D eigenvalue weighted by molar-refractivity contribution is -0.156. The molecule has 21 heavy (non-hydrogen) atoms. The normalized spacial score (nSPS) is 24.7. The number of amides is 2. The SMILES string of the molecule is CC1NC(=O)C2(CCCC2)N(CCc2nccn2C)C1=O. The summed E-state index contributed by atoms with van der Waals surface area (Å²) in [7, 11) is 1.95. The minimum Gasteiger partial charge on any atom is -0.343 e. The van der Waals surface area contributed by atoms with Crippen LogP contribution in [0.2, 0.25) is 0 Å². The second kappa shape index (κ2) is 5.16. The fourth-order valence-electron chi connectivity index (χ4n) is 3.59. The molecular weight excluding hydrogens is 268 g/mol. The first-order valence-electron chi connectivity index (χ1n) is 7.63. The highest BCUT2D eigenvalue weighted by molar-refractivity contribution is 5.99. The summed E-state index contributed by atoms with van der Waals surface area (Å²) in [6, 6.07) is -0.426. The molecule has 1 aliphatic heterocycles. The summed E-state index contributed by atoms with van der Waals surface area (Å²) in [5.41, 5.74) is -0.616. The number of imidazole rings is 1. The third-order valence-electron chi connectivity index (χ3n) is 4.83. The number of nitrogens with zero attached hydrogens (tertiary/aromatic N) is 3. The summed E-state index contributed by atoms with van der Waals surface area (Å²) in [6.07, 6.45) is 7.90. The van der Waals surface area contributed by atoms with Crippen LogP contribution in [0, 0.1) is 0 Å². The van der Waals surface area contributed by atoms with Gasteiger partial charge in [0.2, 0.25) is 11.8 Å². The van der Waals surface area contributed by atoms with Gasteiger partial charge in [0.1, 0.15) is 17.4 Å². The first kappa shape index (κ1) is 14.1. The van der Waals surface area contributed by atoms with Gasteiger partial charge in [0.15, 0.2) is 0 Å². The van der Waals surface area contributed by atoms with Crippen LogP contribution in [0.5, 0.6) is 0 Å². The van der Waals surface area contributed by atoms with Gasteiger partial charge >= 0.3 is 0 Å². The van der Waals surface area contributed by atoms with Crippen LogP contribution in [-0.4, -0.2) is 44.4 Å². The lowest BCUT2D eigenvalue weighted by Gasteiger charge is -2.45. The number of rotatable bonds is 3. The van der Waals surface area contributed by atoms with E-state index in [1.54, 1.807) is 13.1 Å². The molecule has 1 atom stereocenters. The highest BCUT2D eigenvalue weighted by Gasteiger charge is 2.52. The summed E-state index contributed by atoms with van der Waals surface area (Å²) >= 11 is 0. The second-order valence-electron chi connectivity index (χ2n) is 6.13. The van der Waals surface area contributed by atoms with E-state index in [4.69, 9.17) is 0 Å². The molecule has 6 nitrogen and oxygen atoms in total. The Labute approximate surface area is 124 Å². The Morgan fingerprint density at radius 1 is 1.38 bits per heavy atom. The maximum Gasteiger partial charge on any atom is 0.246 e. The van der Waals surface area contributed by atoms with Crippen molar-refractivity contribution in [2.24, 2.45) is 7.05 Å². The molecule has 2 fully saturated rings. The van der Waals surface area contributed by atoms with Crippen LogP contribution in [0.3, 0.4) is 0 Å². The predicted molar refractivity (Wildman–Crippen MR) is 77.4 cm³/mol. The van der Waals surface area contributed by atoms with Crippen LogP contribution < -0.4 is 5.32 Å². The zero-order chi connectivity index (χ0) is 15.0. The Kier molecular flexibility index (Phi) is 3.47. The summed E-state index contributed by atoms with van der Waals surface area (Å²) < 4.78 is 1.96. The minimum absolute atomic E-state index is 0.0203. The molecule has 1 saturated carbocycles. The molecule has 1 aliphatic carbocycles. The van der Waals surface area contributed by atoms with Crippen LogP contribution in [0.4, 0.5) is 0 Å². The molecule has 1 unspecified atom stereocenters. The minimum atomic E-state index is -0.616. The highest BCUT2D eigenvalue weighted by atomic mass is 16.2. The lowest BCUT2D eigenvalue weighted by Crippen LogP contribution is -2.69. The molecule has 2 heterocycles. The fraction of sp³-hybridized carbons (Fsp3) is 0.667. The number of carbonyl (C=O) groups excluding carboxylic acids is 2. The van der Waals surface area contributed by atoms with Crippen LogP contribution in [-0.2, 0) is 23.1 Å². The summed E-state index contributed by atoms with van der Waals surface area (Å²) in [6.45, 7) is 2.32. The smallest absolute Gasteiger partial charge is 0.246 e. The molecule has 0 bridgehead atoms. The number of nitrogens with one attached hydrogen (secondary N) is 1. The fourth-order valence-corrected chi connectivity index (χ4v) is 3.59. The molecule has 1 N–H and O–H groups in total. The van der Waals surface area contributed by atoms with Gasteiger partial charge in [-0.05, 0) is 19.8 Å². The molecule has 0 aromatic carbocycles. The second-order valence-corrected chi connectivity index (χ2v) is 6.13. The van der Waals surface area contributed by atoms with E-state index in [1.165, 1.54) is 0 Å². The summed E-state index contributed by atoms with van der Waals surface area (Å²) in [4.78, 5) is 31.2. The van der Waals surface area contributed by atoms with Crippen molar-refractivity contribution in [3.63, 3.8) is 0 Å². The molecule has 6 heteroatoms. The van der Waals surface area contributed by atoms with Gasteiger partial charge in [-0.3, -0.25) is 9.59 Å². The van der Waals surface area contributed by atoms with Gasteiger partial charge in [-0.1, -0.05) is 12.8 Å². The number of aryl methyl sites for hydroxylation is 1. The lowest BCUT2D eigenvalue weighted by atomic mass is 9.89. The Balaban J connectivity index is 1.83. The molecule has 114 valence electrons. The van der Waals surface area contributed by atoms with E-state index in [9.17, 15) is 9.59 Å². The number of hydrogen-bond acceptors (Lipinski definition) is 3. The average Bonchev–Trinajstić information content (AvgIpc) is 3.08. The van der Waals surface area contributed by atoms with Crippen molar-refractivity contribution in [2.75, 3.05) is 6.54 Å². The van der Waals surface area contributed by atoms with Gasteiger partial charge in [0, 0.05) is 32.4 Å². The maximum absolute atomic E-state index is 12.6. The van der Waals surface area contributed by atoms with Crippen molar-refractivity contribution >= 4 is 11.8 Å². The molecule has 1 aromatic heterocycles. The Bertz CT molecular complexity index is 560. The molecule has 2 aliphatic rings. The third-order valence-corrected chi connectivity index (χ3v) is 4.83. The molecule has 2 amide bonds. The molecule has 3 rings (SSSR count). The van der Waals surface area contributed by atoms with E-state index in [0.717, 1.165) is 31.5 Å². The predicted octanol–water partition coefficient (Wildman–Crippen LogP) is 0.622. The first-order valence-corrected chi connectivity index (χ1v) is 7.63. The standard InChI is InChI=1S/C15H22N4O2/c1-11-13(20)19(9-5-12-16-8-10-18(12)2)15(14(21)17-11)6-3-4-7-15/h8,10-11H,3-7,9H2,1-2H3,(H,17,21). The van der Waals surface area contributed by atoms with Gasteiger partial charge < -0.3 is 14.8 Å². The van der Waals surface area contributed by atoms with E-state index in [1.807, 2.05) is 22.7 Å². The summed E-state index contributed by atoms with van der Waals surface area (Å²) in [5, 5.41) is 2.85. The van der Waals surface area contributed by atoms with Gasteiger partial charge in [-0.15, -0.1) is 0 Å². The van der Waals surface area contributed by atoms with Crippen molar-refractivity contribution < 1.29 is 9.59 Å².